The number of carboxylic acids is 1. The number of aryl methyl sites for hydroxylation is 1. The molecule has 0 aromatic carbocycles. The van der Waals surface area contributed by atoms with Crippen LogP contribution in [0.15, 0.2) is 18.5 Å². The van der Waals surface area contributed by atoms with E-state index in [1.54, 1.807) is 4.90 Å². The normalized spacial score (nSPS) is 15.6. The molecular formula is C18H18N4O5S. The number of thiophene rings is 1. The maximum Gasteiger partial charge on any atom is 0.339 e. The zero-order chi connectivity index (χ0) is 20.1. The van der Waals surface area contributed by atoms with Crippen LogP contribution < -0.4 is 0 Å². The predicted octanol–water partition coefficient (Wildman–Crippen LogP) is 1.12. The molecule has 1 amide bonds. The molecule has 0 radical (unpaired) electrons. The lowest BCUT2D eigenvalue weighted by Gasteiger charge is -2.48. The van der Waals surface area contributed by atoms with E-state index in [1.807, 2.05) is 13.0 Å². The summed E-state index contributed by atoms with van der Waals surface area (Å²) >= 11 is 1.26. The fourth-order valence-electron chi connectivity index (χ4n) is 3.29. The lowest BCUT2D eigenvalue weighted by Crippen LogP contribution is -2.61. The van der Waals surface area contributed by atoms with Gasteiger partial charge >= 0.3 is 5.97 Å². The van der Waals surface area contributed by atoms with Crippen LogP contribution in [0.5, 0.6) is 0 Å². The van der Waals surface area contributed by atoms with Crippen LogP contribution in [0.4, 0.5) is 0 Å². The average Bonchev–Trinajstić information content (AvgIpc) is 3.24. The van der Waals surface area contributed by atoms with Crippen molar-refractivity contribution in [3.8, 4) is 10.6 Å². The van der Waals surface area contributed by atoms with Crippen molar-refractivity contribution in [3.63, 3.8) is 0 Å². The predicted molar refractivity (Wildman–Crippen MR) is 101 cm³/mol. The lowest BCUT2D eigenvalue weighted by atomic mass is 9.81. The number of nitrogens with zero attached hydrogens (tertiary/aromatic N) is 3. The highest BCUT2D eigenvalue weighted by molar-refractivity contribution is 7.17. The van der Waals surface area contributed by atoms with E-state index in [9.17, 15) is 24.9 Å². The Morgan fingerprint density at radius 1 is 1.32 bits per heavy atom. The van der Waals surface area contributed by atoms with Gasteiger partial charge in [0.2, 0.25) is 0 Å². The zero-order valence-corrected chi connectivity index (χ0v) is 15.8. The number of aromatic nitrogens is 3. The molecule has 0 bridgehead atoms. The maximum atomic E-state index is 12.8. The standard InChI is InChI=1S/C18H18N4O5S/c1-9-2-12(11-4-20-15-13(21-11)10(3-19-15)17(26)27)28-14(9)16(25)22-5-18(6-22,7-23)8-24/h2-4,23-24H,5-8H2,1H3,(H,19,20)(H,26,27). The summed E-state index contributed by atoms with van der Waals surface area (Å²) in [5, 5.41) is 28.0. The Balaban J connectivity index is 1.63. The van der Waals surface area contributed by atoms with Gasteiger partial charge in [0.25, 0.3) is 5.91 Å². The number of aromatic amines is 1. The van der Waals surface area contributed by atoms with Gasteiger partial charge in [0.05, 0.1) is 40.3 Å². The summed E-state index contributed by atoms with van der Waals surface area (Å²) < 4.78 is 0. The van der Waals surface area contributed by atoms with Gasteiger partial charge in [-0.3, -0.25) is 4.79 Å². The first-order valence-electron chi connectivity index (χ1n) is 8.57. The van der Waals surface area contributed by atoms with E-state index in [2.05, 4.69) is 15.0 Å². The van der Waals surface area contributed by atoms with Crippen molar-refractivity contribution in [2.75, 3.05) is 26.3 Å². The number of rotatable bonds is 5. The summed E-state index contributed by atoms with van der Waals surface area (Å²) in [5.74, 6) is -1.25. The number of aliphatic hydroxyl groups excluding tert-OH is 2. The summed E-state index contributed by atoms with van der Waals surface area (Å²) in [6, 6.07) is 1.83. The molecule has 1 aliphatic rings. The van der Waals surface area contributed by atoms with E-state index >= 15 is 0 Å². The van der Waals surface area contributed by atoms with Crippen molar-refractivity contribution < 1.29 is 24.9 Å². The molecule has 0 unspecified atom stereocenters. The van der Waals surface area contributed by atoms with Gasteiger partial charge in [0, 0.05) is 19.3 Å². The second-order valence-corrected chi connectivity index (χ2v) is 8.11. The second-order valence-electron chi connectivity index (χ2n) is 7.06. The molecule has 4 N–H and O–H groups in total. The average molecular weight is 402 g/mol. The molecule has 10 heteroatoms. The third kappa shape index (κ3) is 2.86. The number of hydrogen-bond donors (Lipinski definition) is 4. The van der Waals surface area contributed by atoms with Crippen LogP contribution in [0.1, 0.15) is 25.6 Å². The van der Waals surface area contributed by atoms with E-state index in [1.165, 1.54) is 23.7 Å². The van der Waals surface area contributed by atoms with Crippen molar-refractivity contribution in [2.24, 2.45) is 5.41 Å². The number of likely N-dealkylation sites (tertiary alicyclic amines) is 1. The van der Waals surface area contributed by atoms with E-state index in [0.29, 0.717) is 34.2 Å². The number of carbonyl (C=O) groups is 2. The lowest BCUT2D eigenvalue weighted by molar-refractivity contribution is -0.0587. The number of hydrogen-bond acceptors (Lipinski definition) is 7. The number of carboxylic acid groups (broad SMARTS) is 1. The Morgan fingerprint density at radius 3 is 2.68 bits per heavy atom. The van der Waals surface area contributed by atoms with Crippen molar-refractivity contribution in [3.05, 3.63) is 34.5 Å². The number of fused-ring (bicyclic) bond motifs is 1. The van der Waals surface area contributed by atoms with Gasteiger partial charge in [0.1, 0.15) is 11.1 Å². The third-order valence-electron chi connectivity index (χ3n) is 4.99. The van der Waals surface area contributed by atoms with Crippen LogP contribution in [0, 0.1) is 12.3 Å². The minimum atomic E-state index is -1.09. The molecule has 1 aliphatic heterocycles. The monoisotopic (exact) mass is 402 g/mol. The van der Waals surface area contributed by atoms with Crippen LogP contribution in [0.25, 0.3) is 21.7 Å². The van der Waals surface area contributed by atoms with Gasteiger partial charge in [-0.2, -0.15) is 0 Å². The Kier molecular flexibility index (Phi) is 4.41. The van der Waals surface area contributed by atoms with Crippen molar-refractivity contribution in [1.29, 1.82) is 0 Å². The number of carbonyl (C=O) groups excluding carboxylic acids is 1. The smallest absolute Gasteiger partial charge is 0.339 e. The number of aromatic carboxylic acids is 1. The first kappa shape index (κ1) is 18.5. The van der Waals surface area contributed by atoms with Gasteiger partial charge in [-0.25, -0.2) is 14.8 Å². The number of nitrogens with one attached hydrogen (secondary N) is 1. The van der Waals surface area contributed by atoms with Gasteiger partial charge in [-0.1, -0.05) is 0 Å². The molecule has 4 heterocycles. The SMILES string of the molecule is Cc1cc(-c2cnc3[nH]cc(C(=O)O)c3n2)sc1C(=O)N1CC(CO)(CO)C1. The molecule has 3 aromatic rings. The molecule has 4 rings (SSSR count). The molecule has 1 fully saturated rings. The summed E-state index contributed by atoms with van der Waals surface area (Å²) in [7, 11) is 0. The number of aliphatic hydroxyl groups is 2. The van der Waals surface area contributed by atoms with Gasteiger partial charge in [0.15, 0.2) is 5.65 Å². The fraction of sp³-hybridized carbons (Fsp3) is 0.333. The molecule has 0 spiro atoms. The van der Waals surface area contributed by atoms with Crippen molar-refractivity contribution in [1.82, 2.24) is 19.9 Å². The summed E-state index contributed by atoms with van der Waals surface area (Å²) in [6.07, 6.45) is 2.89. The Bertz CT molecular complexity index is 1080. The first-order valence-corrected chi connectivity index (χ1v) is 9.38. The molecule has 0 aliphatic carbocycles. The van der Waals surface area contributed by atoms with Crippen LogP contribution in [0.3, 0.4) is 0 Å². The minimum absolute atomic E-state index is 0.0406. The molecule has 28 heavy (non-hydrogen) atoms. The molecular weight excluding hydrogens is 384 g/mol. The van der Waals surface area contributed by atoms with Crippen LogP contribution >= 0.6 is 11.3 Å². The topological polar surface area (TPSA) is 140 Å². The Morgan fingerprint density at radius 2 is 2.04 bits per heavy atom. The quantitative estimate of drug-likeness (QED) is 0.501. The van der Waals surface area contributed by atoms with Crippen molar-refractivity contribution >= 4 is 34.4 Å². The third-order valence-corrected chi connectivity index (χ3v) is 6.23. The minimum Gasteiger partial charge on any atom is -0.478 e. The highest BCUT2D eigenvalue weighted by atomic mass is 32.1. The fourth-order valence-corrected chi connectivity index (χ4v) is 4.39. The zero-order valence-electron chi connectivity index (χ0n) is 15.0. The molecule has 146 valence electrons. The largest absolute Gasteiger partial charge is 0.478 e. The maximum absolute atomic E-state index is 12.8. The van der Waals surface area contributed by atoms with Crippen LogP contribution in [-0.2, 0) is 0 Å². The summed E-state index contributed by atoms with van der Waals surface area (Å²) in [4.78, 5) is 38.4. The number of H-pyrrole nitrogens is 1. The molecule has 0 saturated carbocycles. The summed E-state index contributed by atoms with van der Waals surface area (Å²) in [6.45, 7) is 2.11. The van der Waals surface area contributed by atoms with Crippen LogP contribution in [-0.4, -0.2) is 73.4 Å². The van der Waals surface area contributed by atoms with Crippen LogP contribution in [0.2, 0.25) is 0 Å². The Labute approximate surface area is 163 Å². The van der Waals surface area contributed by atoms with E-state index in [0.717, 1.165) is 5.56 Å². The van der Waals surface area contributed by atoms with E-state index < -0.39 is 11.4 Å². The van der Waals surface area contributed by atoms with Gasteiger partial charge in [-0.05, 0) is 18.6 Å². The van der Waals surface area contributed by atoms with E-state index in [4.69, 9.17) is 0 Å². The van der Waals surface area contributed by atoms with Crippen molar-refractivity contribution in [2.45, 2.75) is 6.92 Å². The Hall–Kier alpha value is -2.82. The second kappa shape index (κ2) is 6.66. The molecule has 3 aromatic heterocycles. The van der Waals surface area contributed by atoms with Gasteiger partial charge in [-0.15, -0.1) is 11.3 Å². The van der Waals surface area contributed by atoms with E-state index in [-0.39, 0.29) is 30.2 Å². The first-order chi connectivity index (χ1) is 13.4. The molecule has 9 nitrogen and oxygen atoms in total. The van der Waals surface area contributed by atoms with Gasteiger partial charge < -0.3 is 25.2 Å². The highest BCUT2D eigenvalue weighted by Gasteiger charge is 2.45. The summed E-state index contributed by atoms with van der Waals surface area (Å²) in [5.41, 5.74) is 1.34. The highest BCUT2D eigenvalue weighted by Crippen LogP contribution is 2.35. The molecule has 1 saturated heterocycles. The molecule has 0 atom stereocenters. The number of amides is 1.